The van der Waals surface area contributed by atoms with Crippen LogP contribution in [0.1, 0.15) is 11.1 Å². The molecule has 0 aliphatic rings. The van der Waals surface area contributed by atoms with Crippen molar-refractivity contribution in [3.05, 3.63) is 64.7 Å². The first-order valence-electron chi connectivity index (χ1n) is 5.50. The second-order valence-corrected chi connectivity index (χ2v) is 4.38. The van der Waals surface area contributed by atoms with E-state index in [4.69, 9.17) is 16.3 Å². The van der Waals surface area contributed by atoms with Crippen LogP contribution < -0.4 is 4.74 Å². The van der Waals surface area contributed by atoms with Gasteiger partial charge in [-0.3, -0.25) is 0 Å². The summed E-state index contributed by atoms with van der Waals surface area (Å²) in [5.41, 5.74) is -0.227. The van der Waals surface area contributed by atoms with Gasteiger partial charge in [0.05, 0.1) is 5.56 Å². The molecule has 0 aromatic heterocycles. The van der Waals surface area contributed by atoms with Gasteiger partial charge in [0.2, 0.25) is 0 Å². The topological polar surface area (TPSA) is 9.23 Å². The molecule has 0 radical (unpaired) electrons. The van der Waals surface area contributed by atoms with E-state index in [-0.39, 0.29) is 6.61 Å². The predicted molar refractivity (Wildman–Crippen MR) is 67.2 cm³/mol. The Kier molecular flexibility index (Phi) is 4.00. The predicted octanol–water partition coefficient (Wildman–Crippen LogP) is 4.94. The molecule has 0 aliphatic carbocycles. The molecule has 0 atom stereocenters. The monoisotopic (exact) mass is 286 g/mol. The van der Waals surface area contributed by atoms with E-state index in [1.54, 1.807) is 30.3 Å². The van der Waals surface area contributed by atoms with Crippen LogP contribution in [0.25, 0.3) is 0 Å². The van der Waals surface area contributed by atoms with Gasteiger partial charge in [0.25, 0.3) is 0 Å². The molecule has 0 fully saturated rings. The molecule has 0 bridgehead atoms. The first-order valence-corrected chi connectivity index (χ1v) is 5.87. The summed E-state index contributed by atoms with van der Waals surface area (Å²) in [5.74, 6) is 0.518. The highest BCUT2D eigenvalue weighted by atomic mass is 35.5. The smallest absolute Gasteiger partial charge is 0.416 e. The maximum Gasteiger partial charge on any atom is 0.416 e. The molecule has 2 rings (SSSR count). The fourth-order valence-electron chi connectivity index (χ4n) is 1.56. The molecule has 0 unspecified atom stereocenters. The molecule has 0 heterocycles. The lowest BCUT2D eigenvalue weighted by molar-refractivity contribution is -0.137. The summed E-state index contributed by atoms with van der Waals surface area (Å²) in [4.78, 5) is 0. The van der Waals surface area contributed by atoms with E-state index in [2.05, 4.69) is 0 Å². The molecule has 19 heavy (non-hydrogen) atoms. The van der Waals surface area contributed by atoms with E-state index in [0.717, 1.165) is 12.1 Å². The lowest BCUT2D eigenvalue weighted by atomic mass is 10.1. The molecule has 0 saturated heterocycles. The molecular weight excluding hydrogens is 277 g/mol. The van der Waals surface area contributed by atoms with Gasteiger partial charge in [-0.25, -0.2) is 0 Å². The van der Waals surface area contributed by atoms with Crippen molar-refractivity contribution in [1.29, 1.82) is 0 Å². The van der Waals surface area contributed by atoms with Crippen LogP contribution in [0.2, 0.25) is 5.02 Å². The zero-order valence-electron chi connectivity index (χ0n) is 9.75. The van der Waals surface area contributed by atoms with Crippen LogP contribution in [0, 0.1) is 0 Å². The number of alkyl halides is 3. The standard InChI is InChI=1S/C14H10ClF3O/c15-12-5-2-6-13(8-12)19-9-10-3-1-4-11(7-10)14(16,17)18/h1-8H,9H2. The highest BCUT2D eigenvalue weighted by Crippen LogP contribution is 2.29. The van der Waals surface area contributed by atoms with Gasteiger partial charge >= 0.3 is 6.18 Å². The average molecular weight is 287 g/mol. The summed E-state index contributed by atoms with van der Waals surface area (Å²) in [7, 11) is 0. The Balaban J connectivity index is 2.08. The highest BCUT2D eigenvalue weighted by Gasteiger charge is 2.30. The fraction of sp³-hybridized carbons (Fsp3) is 0.143. The number of rotatable bonds is 3. The summed E-state index contributed by atoms with van der Waals surface area (Å²) in [6.07, 6.45) is -4.34. The molecule has 100 valence electrons. The SMILES string of the molecule is FC(F)(F)c1cccc(COc2cccc(Cl)c2)c1. The Morgan fingerprint density at radius 3 is 2.42 bits per heavy atom. The van der Waals surface area contributed by atoms with E-state index in [1.165, 1.54) is 6.07 Å². The number of halogens is 4. The van der Waals surface area contributed by atoms with Crippen molar-refractivity contribution in [1.82, 2.24) is 0 Å². The Bertz CT molecular complexity index is 567. The van der Waals surface area contributed by atoms with Gasteiger partial charge in [-0.1, -0.05) is 29.8 Å². The first-order chi connectivity index (χ1) is 8.95. The molecule has 0 N–H and O–H groups in total. The lowest BCUT2D eigenvalue weighted by Crippen LogP contribution is -2.06. The first kappa shape index (κ1) is 13.7. The molecule has 0 spiro atoms. The van der Waals surface area contributed by atoms with Crippen LogP contribution in [0.3, 0.4) is 0 Å². The molecule has 2 aromatic carbocycles. The van der Waals surface area contributed by atoms with Crippen LogP contribution in [0.5, 0.6) is 5.75 Å². The second-order valence-electron chi connectivity index (χ2n) is 3.94. The van der Waals surface area contributed by atoms with Crippen molar-refractivity contribution >= 4 is 11.6 Å². The molecule has 2 aromatic rings. The third-order valence-electron chi connectivity index (χ3n) is 2.46. The number of hydrogen-bond donors (Lipinski definition) is 0. The molecule has 0 saturated carbocycles. The summed E-state index contributed by atoms with van der Waals surface area (Å²) < 4.78 is 43.0. The van der Waals surface area contributed by atoms with Gasteiger partial charge in [0.15, 0.2) is 0 Å². The van der Waals surface area contributed by atoms with Crippen LogP contribution in [-0.2, 0) is 12.8 Å². The zero-order valence-corrected chi connectivity index (χ0v) is 10.5. The third-order valence-corrected chi connectivity index (χ3v) is 2.69. The van der Waals surface area contributed by atoms with Crippen molar-refractivity contribution in [2.24, 2.45) is 0 Å². The molecule has 5 heteroatoms. The van der Waals surface area contributed by atoms with E-state index in [0.29, 0.717) is 16.3 Å². The highest BCUT2D eigenvalue weighted by molar-refractivity contribution is 6.30. The summed E-state index contributed by atoms with van der Waals surface area (Å²) in [6.45, 7) is 0.0598. The van der Waals surface area contributed by atoms with Gasteiger partial charge in [-0.15, -0.1) is 0 Å². The van der Waals surface area contributed by atoms with Crippen molar-refractivity contribution in [2.45, 2.75) is 12.8 Å². The number of hydrogen-bond acceptors (Lipinski definition) is 1. The number of ether oxygens (including phenoxy) is 1. The number of benzene rings is 2. The molecule has 1 nitrogen and oxygen atoms in total. The molecule has 0 aliphatic heterocycles. The Morgan fingerprint density at radius 2 is 1.74 bits per heavy atom. The maximum absolute atomic E-state index is 12.5. The van der Waals surface area contributed by atoms with E-state index >= 15 is 0 Å². The Morgan fingerprint density at radius 1 is 1.00 bits per heavy atom. The Labute approximate surface area is 113 Å². The van der Waals surface area contributed by atoms with Crippen LogP contribution in [0.4, 0.5) is 13.2 Å². The van der Waals surface area contributed by atoms with Crippen molar-refractivity contribution < 1.29 is 17.9 Å². The van der Waals surface area contributed by atoms with Crippen molar-refractivity contribution in [2.75, 3.05) is 0 Å². The third kappa shape index (κ3) is 3.89. The summed E-state index contributed by atoms with van der Waals surface area (Å²) >= 11 is 5.78. The van der Waals surface area contributed by atoms with E-state index in [9.17, 15) is 13.2 Å². The molecular formula is C14H10ClF3O. The van der Waals surface area contributed by atoms with Crippen molar-refractivity contribution in [3.63, 3.8) is 0 Å². The van der Waals surface area contributed by atoms with Crippen LogP contribution >= 0.6 is 11.6 Å². The zero-order chi connectivity index (χ0) is 13.9. The van der Waals surface area contributed by atoms with Gasteiger partial charge < -0.3 is 4.74 Å². The van der Waals surface area contributed by atoms with E-state index in [1.807, 2.05) is 0 Å². The summed E-state index contributed by atoms with van der Waals surface area (Å²) in [6, 6.07) is 11.8. The molecule has 0 amide bonds. The van der Waals surface area contributed by atoms with Gasteiger partial charge in [-0.2, -0.15) is 13.2 Å². The van der Waals surface area contributed by atoms with Gasteiger partial charge in [0.1, 0.15) is 12.4 Å². The summed E-state index contributed by atoms with van der Waals surface area (Å²) in [5, 5.41) is 0.515. The van der Waals surface area contributed by atoms with Gasteiger partial charge in [0, 0.05) is 5.02 Å². The fourth-order valence-corrected chi connectivity index (χ4v) is 1.74. The Hall–Kier alpha value is -1.68. The maximum atomic E-state index is 12.5. The average Bonchev–Trinajstić information content (AvgIpc) is 2.36. The van der Waals surface area contributed by atoms with Gasteiger partial charge in [-0.05, 0) is 35.9 Å². The lowest BCUT2D eigenvalue weighted by Gasteiger charge is -2.10. The van der Waals surface area contributed by atoms with Crippen molar-refractivity contribution in [3.8, 4) is 5.75 Å². The van der Waals surface area contributed by atoms with Crippen LogP contribution in [-0.4, -0.2) is 0 Å². The van der Waals surface area contributed by atoms with Crippen LogP contribution in [0.15, 0.2) is 48.5 Å². The minimum Gasteiger partial charge on any atom is -0.489 e. The second kappa shape index (κ2) is 5.53. The van der Waals surface area contributed by atoms with E-state index < -0.39 is 11.7 Å². The minimum absolute atomic E-state index is 0.0598. The quantitative estimate of drug-likeness (QED) is 0.777. The largest absolute Gasteiger partial charge is 0.489 e. The minimum atomic E-state index is -4.34. The normalized spacial score (nSPS) is 11.4.